The van der Waals surface area contributed by atoms with Gasteiger partial charge >= 0.3 is 0 Å². The van der Waals surface area contributed by atoms with Gasteiger partial charge in [-0.25, -0.2) is 0 Å². The molecule has 0 radical (unpaired) electrons. The molecular formula is C9H5Br2IS. The third-order valence-corrected chi connectivity index (χ3v) is 6.46. The summed E-state index contributed by atoms with van der Waals surface area (Å²) in [4.78, 5) is 0. The Bertz CT molecular complexity index is 450. The lowest BCUT2D eigenvalue weighted by Crippen LogP contribution is -1.79. The van der Waals surface area contributed by atoms with Gasteiger partial charge in [-0.05, 0) is 50.2 Å². The minimum Gasteiger partial charge on any atom is -0.127 e. The molecule has 2 aromatic rings. The molecule has 0 N–H and O–H groups in total. The Balaban J connectivity index is 2.87. The predicted molar refractivity (Wildman–Crippen MR) is 74.9 cm³/mol. The van der Waals surface area contributed by atoms with Crippen LogP contribution in [-0.2, 0) is 5.33 Å². The average molecular weight is 432 g/mol. The van der Waals surface area contributed by atoms with Crippen LogP contribution >= 0.6 is 65.8 Å². The quantitative estimate of drug-likeness (QED) is 0.432. The van der Waals surface area contributed by atoms with Crippen molar-refractivity contribution >= 4 is 75.9 Å². The molecular weight excluding hydrogens is 427 g/mol. The van der Waals surface area contributed by atoms with Crippen LogP contribution in [0.15, 0.2) is 22.0 Å². The Hall–Kier alpha value is 0.870. The highest BCUT2D eigenvalue weighted by Crippen LogP contribution is 2.38. The Morgan fingerprint density at radius 3 is 2.85 bits per heavy atom. The van der Waals surface area contributed by atoms with Gasteiger partial charge in [0.15, 0.2) is 0 Å². The normalized spacial score (nSPS) is 11.0. The first-order valence-corrected chi connectivity index (χ1v) is 7.46. The van der Waals surface area contributed by atoms with Crippen molar-refractivity contribution in [3.05, 3.63) is 31.1 Å². The monoisotopic (exact) mass is 430 g/mol. The zero-order valence-corrected chi connectivity index (χ0v) is 12.6. The smallest absolute Gasteiger partial charge is 0.0844 e. The standard InChI is InChI=1S/C9H5Br2IS/c10-4-5-2-1-3-6-7(5)8(12)9(11)13-6/h1-3H,4H2. The van der Waals surface area contributed by atoms with E-state index in [-0.39, 0.29) is 0 Å². The second-order valence-electron chi connectivity index (χ2n) is 2.61. The summed E-state index contributed by atoms with van der Waals surface area (Å²) in [5.74, 6) is 0. The maximum Gasteiger partial charge on any atom is 0.0844 e. The van der Waals surface area contributed by atoms with Crippen molar-refractivity contribution in [3.8, 4) is 0 Å². The van der Waals surface area contributed by atoms with E-state index in [0.717, 1.165) is 5.33 Å². The molecule has 0 aliphatic rings. The van der Waals surface area contributed by atoms with Crippen LogP contribution in [0.4, 0.5) is 0 Å². The fourth-order valence-corrected chi connectivity index (χ4v) is 4.47. The van der Waals surface area contributed by atoms with Gasteiger partial charge in [0, 0.05) is 19.0 Å². The molecule has 1 heterocycles. The summed E-state index contributed by atoms with van der Waals surface area (Å²) < 4.78 is 3.91. The van der Waals surface area contributed by atoms with Crippen molar-refractivity contribution < 1.29 is 0 Å². The van der Waals surface area contributed by atoms with Crippen molar-refractivity contribution in [3.63, 3.8) is 0 Å². The third kappa shape index (κ3) is 1.82. The number of alkyl halides is 1. The molecule has 0 aliphatic heterocycles. The SMILES string of the molecule is BrCc1cccc2sc(Br)c(I)c12. The summed E-state index contributed by atoms with van der Waals surface area (Å²) >= 11 is 11.3. The van der Waals surface area contributed by atoms with Crippen molar-refractivity contribution in [1.82, 2.24) is 0 Å². The number of benzene rings is 1. The molecule has 0 amide bonds. The predicted octanol–water partition coefficient (Wildman–Crippen LogP) is 5.16. The van der Waals surface area contributed by atoms with E-state index >= 15 is 0 Å². The molecule has 0 bridgehead atoms. The minimum absolute atomic E-state index is 0.920. The van der Waals surface area contributed by atoms with E-state index < -0.39 is 0 Å². The molecule has 1 aromatic carbocycles. The summed E-state index contributed by atoms with van der Waals surface area (Å²) in [6, 6.07) is 6.44. The van der Waals surface area contributed by atoms with Crippen LogP contribution in [-0.4, -0.2) is 0 Å². The van der Waals surface area contributed by atoms with E-state index in [1.54, 1.807) is 11.3 Å². The first-order valence-electron chi connectivity index (χ1n) is 3.65. The molecule has 4 heteroatoms. The summed E-state index contributed by atoms with van der Waals surface area (Å²) in [5, 5.41) is 2.31. The highest BCUT2D eigenvalue weighted by Gasteiger charge is 2.09. The Labute approximate surface area is 111 Å². The number of fused-ring (bicyclic) bond motifs is 1. The van der Waals surface area contributed by atoms with Gasteiger partial charge < -0.3 is 0 Å². The maximum absolute atomic E-state index is 3.57. The van der Waals surface area contributed by atoms with Gasteiger partial charge in [0.2, 0.25) is 0 Å². The summed E-state index contributed by atoms with van der Waals surface area (Å²) in [6.45, 7) is 0. The topological polar surface area (TPSA) is 0 Å². The Kier molecular flexibility index (Phi) is 3.33. The Morgan fingerprint density at radius 2 is 2.15 bits per heavy atom. The lowest BCUT2D eigenvalue weighted by atomic mass is 10.2. The first kappa shape index (κ1) is 10.4. The fraction of sp³-hybridized carbons (Fsp3) is 0.111. The van der Waals surface area contributed by atoms with E-state index in [1.165, 1.54) is 23.0 Å². The summed E-state index contributed by atoms with van der Waals surface area (Å²) in [7, 11) is 0. The van der Waals surface area contributed by atoms with Gasteiger partial charge in [-0.2, -0.15) is 0 Å². The van der Waals surface area contributed by atoms with Gasteiger partial charge in [0.1, 0.15) is 0 Å². The lowest BCUT2D eigenvalue weighted by molar-refractivity contribution is 1.50. The lowest BCUT2D eigenvalue weighted by Gasteiger charge is -1.98. The molecule has 0 saturated heterocycles. The summed E-state index contributed by atoms with van der Waals surface area (Å²) in [6.07, 6.45) is 0. The first-order chi connectivity index (χ1) is 6.24. The molecule has 0 saturated carbocycles. The van der Waals surface area contributed by atoms with Crippen LogP contribution in [0, 0.1) is 3.57 Å². The summed E-state index contributed by atoms with van der Waals surface area (Å²) in [5.41, 5.74) is 1.36. The van der Waals surface area contributed by atoms with Crippen LogP contribution in [0.25, 0.3) is 10.1 Å². The van der Waals surface area contributed by atoms with E-state index in [4.69, 9.17) is 0 Å². The molecule has 1 aromatic heterocycles. The molecule has 2 rings (SSSR count). The zero-order chi connectivity index (χ0) is 9.42. The number of hydrogen-bond donors (Lipinski definition) is 0. The van der Waals surface area contributed by atoms with Crippen molar-refractivity contribution in [1.29, 1.82) is 0 Å². The molecule has 0 nitrogen and oxygen atoms in total. The van der Waals surface area contributed by atoms with E-state index in [9.17, 15) is 0 Å². The fourth-order valence-electron chi connectivity index (χ4n) is 1.26. The second-order valence-corrected chi connectivity index (χ2v) is 6.62. The van der Waals surface area contributed by atoms with E-state index in [0.29, 0.717) is 0 Å². The van der Waals surface area contributed by atoms with Gasteiger partial charge in [0.05, 0.1) is 3.79 Å². The second kappa shape index (κ2) is 4.16. The number of rotatable bonds is 1. The third-order valence-electron chi connectivity index (χ3n) is 1.85. The number of halogens is 3. The minimum atomic E-state index is 0.920. The molecule has 68 valence electrons. The van der Waals surface area contributed by atoms with Crippen LogP contribution in [0.2, 0.25) is 0 Å². The van der Waals surface area contributed by atoms with Gasteiger partial charge in [0.25, 0.3) is 0 Å². The van der Waals surface area contributed by atoms with Crippen LogP contribution in [0.3, 0.4) is 0 Å². The molecule has 0 unspecified atom stereocenters. The van der Waals surface area contributed by atoms with Gasteiger partial charge in [-0.15, -0.1) is 11.3 Å². The van der Waals surface area contributed by atoms with Gasteiger partial charge in [-0.1, -0.05) is 28.1 Å². The molecule has 0 aliphatic carbocycles. The zero-order valence-electron chi connectivity index (χ0n) is 6.48. The van der Waals surface area contributed by atoms with E-state index in [1.807, 2.05) is 0 Å². The van der Waals surface area contributed by atoms with E-state index in [2.05, 4.69) is 72.6 Å². The van der Waals surface area contributed by atoms with Crippen molar-refractivity contribution in [2.75, 3.05) is 0 Å². The average Bonchev–Trinajstić information content (AvgIpc) is 2.43. The molecule has 13 heavy (non-hydrogen) atoms. The van der Waals surface area contributed by atoms with Crippen LogP contribution in [0.1, 0.15) is 5.56 Å². The largest absolute Gasteiger partial charge is 0.127 e. The molecule has 0 fully saturated rings. The Morgan fingerprint density at radius 1 is 1.38 bits per heavy atom. The van der Waals surface area contributed by atoms with Crippen molar-refractivity contribution in [2.24, 2.45) is 0 Å². The van der Waals surface area contributed by atoms with Crippen molar-refractivity contribution in [2.45, 2.75) is 5.33 Å². The highest BCUT2D eigenvalue weighted by molar-refractivity contribution is 14.1. The number of hydrogen-bond acceptors (Lipinski definition) is 1. The number of thiophene rings is 1. The molecule has 0 spiro atoms. The van der Waals surface area contributed by atoms with Crippen LogP contribution < -0.4 is 0 Å². The maximum atomic E-state index is 3.57. The van der Waals surface area contributed by atoms with Crippen LogP contribution in [0.5, 0.6) is 0 Å². The molecule has 0 atom stereocenters. The van der Waals surface area contributed by atoms with Gasteiger partial charge in [-0.3, -0.25) is 0 Å². The highest BCUT2D eigenvalue weighted by atomic mass is 127.